The van der Waals surface area contributed by atoms with Gasteiger partial charge in [0.25, 0.3) is 0 Å². The van der Waals surface area contributed by atoms with Crippen LogP contribution >= 0.6 is 0 Å². The van der Waals surface area contributed by atoms with E-state index in [0.717, 1.165) is 39.2 Å². The van der Waals surface area contributed by atoms with E-state index < -0.39 is 0 Å². The molecule has 63 heavy (non-hydrogen) atoms. The third-order valence-corrected chi connectivity index (χ3v) is 13.3. The largest absolute Gasteiger partial charge is 0.228 e. The molecule has 10 aromatic carbocycles. The molecule has 0 aliphatic heterocycles. The molecule has 1 heterocycles. The van der Waals surface area contributed by atoms with Gasteiger partial charge in [0.15, 0.2) is 5.82 Å². The monoisotopic (exact) mass is 802 g/mol. The van der Waals surface area contributed by atoms with Gasteiger partial charge in [-0.2, -0.15) is 0 Å². The molecule has 1 aromatic heterocycles. The molecule has 0 spiro atoms. The van der Waals surface area contributed by atoms with E-state index >= 15 is 0 Å². The summed E-state index contributed by atoms with van der Waals surface area (Å²) >= 11 is 0. The Morgan fingerprint density at radius 1 is 0.286 bits per heavy atom. The zero-order chi connectivity index (χ0) is 42.1. The van der Waals surface area contributed by atoms with Crippen molar-refractivity contribution >= 4 is 32.3 Å². The maximum absolute atomic E-state index is 5.19. The Morgan fingerprint density at radius 2 is 0.794 bits per heavy atom. The lowest BCUT2D eigenvalue weighted by atomic mass is 9.82. The van der Waals surface area contributed by atoms with Gasteiger partial charge in [-0.05, 0) is 112 Å². The Morgan fingerprint density at radius 3 is 1.59 bits per heavy atom. The number of rotatable bonds is 6. The third kappa shape index (κ3) is 6.17. The zero-order valence-electron chi connectivity index (χ0n) is 35.2. The standard InChI is InChI=1S/C61H42N2/c1-61(2)55-26-12-11-23-50(55)54-37-45(32-34-56(54)61)47-24-14-25-51-48-21-9-10-22-49(48)53-36-44(31-33-52(53)59(47)51)43-19-13-20-46(35-43)58-38-57(62-60(63-58)42-17-7-4-8-18-42)41-29-27-40(28-30-41)39-15-5-3-6-16-39/h3-38H,1-2H3. The lowest BCUT2D eigenvalue weighted by Gasteiger charge is -2.21. The Bertz CT molecular complexity index is 3570. The van der Waals surface area contributed by atoms with Gasteiger partial charge in [-0.25, -0.2) is 9.97 Å². The minimum absolute atomic E-state index is 0.0329. The molecule has 2 heteroatoms. The van der Waals surface area contributed by atoms with Crippen molar-refractivity contribution in [2.75, 3.05) is 0 Å². The van der Waals surface area contributed by atoms with Crippen molar-refractivity contribution < 1.29 is 0 Å². The van der Waals surface area contributed by atoms with Gasteiger partial charge < -0.3 is 0 Å². The highest BCUT2D eigenvalue weighted by molar-refractivity contribution is 6.29. The predicted octanol–water partition coefficient (Wildman–Crippen LogP) is 16.2. The summed E-state index contributed by atoms with van der Waals surface area (Å²) in [5.74, 6) is 0.705. The molecule has 12 rings (SSSR count). The van der Waals surface area contributed by atoms with E-state index in [1.807, 2.05) is 18.2 Å². The SMILES string of the molecule is CC1(C)c2ccccc2-c2cc(-c3cccc4c5ccccc5c5cc(-c6cccc(-c7cc(-c8ccc(-c9ccccc9)cc8)nc(-c8ccccc8)n7)c6)ccc5c34)ccc21. The average molecular weight is 803 g/mol. The Balaban J connectivity index is 0.986. The van der Waals surface area contributed by atoms with Gasteiger partial charge in [-0.1, -0.05) is 208 Å². The molecule has 0 N–H and O–H groups in total. The fourth-order valence-corrected chi connectivity index (χ4v) is 10.1. The maximum Gasteiger partial charge on any atom is 0.160 e. The van der Waals surface area contributed by atoms with E-state index in [1.165, 1.54) is 76.8 Å². The molecule has 1 aliphatic carbocycles. The van der Waals surface area contributed by atoms with Crippen molar-refractivity contribution in [3.8, 4) is 78.4 Å². The first-order chi connectivity index (χ1) is 31.0. The second-order valence-corrected chi connectivity index (χ2v) is 17.3. The molecule has 0 saturated heterocycles. The molecule has 0 fully saturated rings. The predicted molar refractivity (Wildman–Crippen MR) is 265 cm³/mol. The van der Waals surface area contributed by atoms with Crippen molar-refractivity contribution in [1.82, 2.24) is 9.97 Å². The van der Waals surface area contributed by atoms with Crippen LogP contribution in [0.1, 0.15) is 25.0 Å². The van der Waals surface area contributed by atoms with Gasteiger partial charge in [-0.3, -0.25) is 0 Å². The van der Waals surface area contributed by atoms with Gasteiger partial charge >= 0.3 is 0 Å². The van der Waals surface area contributed by atoms with Crippen LogP contribution in [0.3, 0.4) is 0 Å². The molecular weight excluding hydrogens is 761 g/mol. The van der Waals surface area contributed by atoms with E-state index in [-0.39, 0.29) is 5.41 Å². The van der Waals surface area contributed by atoms with Crippen molar-refractivity contribution in [1.29, 1.82) is 0 Å². The number of nitrogens with zero attached hydrogens (tertiary/aromatic N) is 2. The first-order valence-corrected chi connectivity index (χ1v) is 21.8. The second kappa shape index (κ2) is 14.6. The van der Waals surface area contributed by atoms with Gasteiger partial charge in [0.1, 0.15) is 0 Å². The second-order valence-electron chi connectivity index (χ2n) is 17.3. The fraction of sp³-hybridized carbons (Fsp3) is 0.0492. The minimum atomic E-state index is -0.0329. The molecule has 0 amide bonds. The normalized spacial score (nSPS) is 12.7. The highest BCUT2D eigenvalue weighted by Gasteiger charge is 2.35. The van der Waals surface area contributed by atoms with Crippen LogP contribution in [-0.2, 0) is 5.41 Å². The lowest BCUT2D eigenvalue weighted by molar-refractivity contribution is 0.660. The molecule has 0 atom stereocenters. The van der Waals surface area contributed by atoms with Crippen molar-refractivity contribution in [2.45, 2.75) is 19.3 Å². The number of hydrogen-bond donors (Lipinski definition) is 0. The number of fused-ring (bicyclic) bond motifs is 9. The minimum Gasteiger partial charge on any atom is -0.228 e. The summed E-state index contributed by atoms with van der Waals surface area (Å²) in [6, 6.07) is 79.2. The van der Waals surface area contributed by atoms with Crippen LogP contribution in [-0.4, -0.2) is 9.97 Å². The van der Waals surface area contributed by atoms with Crippen molar-refractivity contribution in [3.05, 3.63) is 230 Å². The Kier molecular flexibility index (Phi) is 8.55. The van der Waals surface area contributed by atoms with Gasteiger partial charge in [-0.15, -0.1) is 0 Å². The van der Waals surface area contributed by atoms with Crippen LogP contribution in [0, 0.1) is 0 Å². The quantitative estimate of drug-likeness (QED) is 0.157. The smallest absolute Gasteiger partial charge is 0.160 e. The Hall–Kier alpha value is -7.94. The number of hydrogen-bond acceptors (Lipinski definition) is 2. The zero-order valence-corrected chi connectivity index (χ0v) is 35.2. The van der Waals surface area contributed by atoms with Crippen molar-refractivity contribution in [2.24, 2.45) is 0 Å². The maximum atomic E-state index is 5.19. The van der Waals surface area contributed by atoms with Crippen LogP contribution in [0.15, 0.2) is 218 Å². The first-order valence-electron chi connectivity index (χ1n) is 21.8. The van der Waals surface area contributed by atoms with Crippen LogP contribution in [0.25, 0.3) is 111 Å². The molecule has 0 unspecified atom stereocenters. The van der Waals surface area contributed by atoms with Crippen LogP contribution in [0.5, 0.6) is 0 Å². The van der Waals surface area contributed by atoms with Crippen LogP contribution in [0.2, 0.25) is 0 Å². The van der Waals surface area contributed by atoms with Crippen LogP contribution < -0.4 is 0 Å². The highest BCUT2D eigenvalue weighted by Crippen LogP contribution is 2.50. The highest BCUT2D eigenvalue weighted by atomic mass is 14.9. The first kappa shape index (κ1) is 36.9. The van der Waals surface area contributed by atoms with E-state index in [9.17, 15) is 0 Å². The fourth-order valence-electron chi connectivity index (χ4n) is 10.1. The van der Waals surface area contributed by atoms with E-state index in [0.29, 0.717) is 5.82 Å². The summed E-state index contributed by atoms with van der Waals surface area (Å²) in [6.45, 7) is 4.70. The van der Waals surface area contributed by atoms with E-state index in [2.05, 4.69) is 214 Å². The summed E-state index contributed by atoms with van der Waals surface area (Å²) in [5.41, 5.74) is 17.5. The summed E-state index contributed by atoms with van der Waals surface area (Å²) < 4.78 is 0. The third-order valence-electron chi connectivity index (χ3n) is 13.3. The molecule has 0 saturated carbocycles. The molecule has 1 aliphatic rings. The molecular formula is C61H42N2. The molecule has 2 nitrogen and oxygen atoms in total. The average Bonchev–Trinajstić information content (AvgIpc) is 3.59. The van der Waals surface area contributed by atoms with Gasteiger partial charge in [0.05, 0.1) is 11.4 Å². The molecule has 11 aromatic rings. The topological polar surface area (TPSA) is 25.8 Å². The summed E-state index contributed by atoms with van der Waals surface area (Å²) in [5, 5.41) is 7.58. The number of benzene rings is 10. The summed E-state index contributed by atoms with van der Waals surface area (Å²) in [6.07, 6.45) is 0. The number of aromatic nitrogens is 2. The van der Waals surface area contributed by atoms with Crippen LogP contribution in [0.4, 0.5) is 0 Å². The molecule has 296 valence electrons. The van der Waals surface area contributed by atoms with Gasteiger partial charge in [0, 0.05) is 22.1 Å². The van der Waals surface area contributed by atoms with Crippen molar-refractivity contribution in [3.63, 3.8) is 0 Å². The lowest BCUT2D eigenvalue weighted by Crippen LogP contribution is -2.14. The Labute approximate surface area is 367 Å². The summed E-state index contributed by atoms with van der Waals surface area (Å²) in [4.78, 5) is 10.3. The summed E-state index contributed by atoms with van der Waals surface area (Å²) in [7, 11) is 0. The molecule has 0 radical (unpaired) electrons. The van der Waals surface area contributed by atoms with E-state index in [1.54, 1.807) is 0 Å². The molecule has 0 bridgehead atoms. The van der Waals surface area contributed by atoms with E-state index in [4.69, 9.17) is 9.97 Å². The van der Waals surface area contributed by atoms with Gasteiger partial charge in [0.2, 0.25) is 0 Å².